The van der Waals surface area contributed by atoms with E-state index in [4.69, 9.17) is 0 Å². The standard InChI is InChI=1S/C15H16N4OS2/c1-10(7-19-5-4-16-9-19)17-14(20)13-11(2)18-15(22-13)12-3-6-21-8-12/h3-6,8-10H,7H2,1-2H3,(H,17,20)/t10-/m1/s1. The van der Waals surface area contributed by atoms with Gasteiger partial charge >= 0.3 is 0 Å². The van der Waals surface area contributed by atoms with E-state index in [2.05, 4.69) is 15.3 Å². The average Bonchev–Trinajstić information content (AvgIpc) is 3.17. The lowest BCUT2D eigenvalue weighted by atomic mass is 10.3. The molecule has 0 saturated carbocycles. The average molecular weight is 332 g/mol. The Balaban J connectivity index is 1.69. The van der Waals surface area contributed by atoms with Crippen molar-refractivity contribution in [2.75, 3.05) is 0 Å². The van der Waals surface area contributed by atoms with Gasteiger partial charge in [0.1, 0.15) is 9.88 Å². The van der Waals surface area contributed by atoms with Gasteiger partial charge < -0.3 is 9.88 Å². The molecule has 0 radical (unpaired) electrons. The second-order valence-corrected chi connectivity index (χ2v) is 6.86. The zero-order valence-corrected chi connectivity index (χ0v) is 13.9. The van der Waals surface area contributed by atoms with Gasteiger partial charge in [0, 0.05) is 35.9 Å². The van der Waals surface area contributed by atoms with Crippen LogP contribution in [-0.4, -0.2) is 26.5 Å². The van der Waals surface area contributed by atoms with E-state index in [-0.39, 0.29) is 11.9 Å². The lowest BCUT2D eigenvalue weighted by molar-refractivity contribution is 0.0940. The van der Waals surface area contributed by atoms with Gasteiger partial charge in [-0.1, -0.05) is 0 Å². The van der Waals surface area contributed by atoms with Crippen LogP contribution >= 0.6 is 22.7 Å². The van der Waals surface area contributed by atoms with Crippen molar-refractivity contribution >= 4 is 28.6 Å². The van der Waals surface area contributed by atoms with Gasteiger partial charge in [-0.05, 0) is 25.3 Å². The third-order valence-electron chi connectivity index (χ3n) is 3.19. The summed E-state index contributed by atoms with van der Waals surface area (Å²) in [5.41, 5.74) is 1.85. The molecule has 0 fully saturated rings. The van der Waals surface area contributed by atoms with Gasteiger partial charge in [0.15, 0.2) is 0 Å². The van der Waals surface area contributed by atoms with Gasteiger partial charge in [0.05, 0.1) is 12.0 Å². The third-order valence-corrected chi connectivity index (χ3v) is 5.08. The molecule has 1 atom stereocenters. The maximum Gasteiger partial charge on any atom is 0.263 e. The Morgan fingerprint density at radius 1 is 1.50 bits per heavy atom. The van der Waals surface area contributed by atoms with E-state index in [1.54, 1.807) is 23.9 Å². The summed E-state index contributed by atoms with van der Waals surface area (Å²) in [6, 6.07) is 2.04. The molecule has 3 rings (SSSR count). The van der Waals surface area contributed by atoms with Crippen molar-refractivity contribution in [1.82, 2.24) is 19.9 Å². The first-order chi connectivity index (χ1) is 10.6. The number of amides is 1. The van der Waals surface area contributed by atoms with Crippen LogP contribution in [0.1, 0.15) is 22.3 Å². The molecule has 3 aromatic heterocycles. The molecule has 7 heteroatoms. The molecule has 22 heavy (non-hydrogen) atoms. The lowest BCUT2D eigenvalue weighted by Gasteiger charge is -2.13. The third kappa shape index (κ3) is 3.26. The lowest BCUT2D eigenvalue weighted by Crippen LogP contribution is -2.35. The van der Waals surface area contributed by atoms with Crippen LogP contribution in [0.15, 0.2) is 35.5 Å². The van der Waals surface area contributed by atoms with Crippen molar-refractivity contribution < 1.29 is 4.79 Å². The Hall–Kier alpha value is -1.99. The van der Waals surface area contributed by atoms with Gasteiger partial charge in [0.25, 0.3) is 5.91 Å². The van der Waals surface area contributed by atoms with E-state index in [1.807, 2.05) is 41.4 Å². The predicted octanol–water partition coefficient (Wildman–Crippen LogP) is 3.20. The number of aryl methyl sites for hydroxylation is 1. The normalized spacial score (nSPS) is 12.3. The maximum atomic E-state index is 12.4. The highest BCUT2D eigenvalue weighted by Crippen LogP contribution is 2.29. The molecule has 5 nitrogen and oxygen atoms in total. The highest BCUT2D eigenvalue weighted by atomic mass is 32.1. The molecule has 0 unspecified atom stereocenters. The van der Waals surface area contributed by atoms with Gasteiger partial charge in [-0.15, -0.1) is 11.3 Å². The summed E-state index contributed by atoms with van der Waals surface area (Å²) in [5.74, 6) is -0.0657. The monoisotopic (exact) mass is 332 g/mol. The van der Waals surface area contributed by atoms with Gasteiger partial charge in [-0.3, -0.25) is 4.79 Å². The van der Waals surface area contributed by atoms with Crippen molar-refractivity contribution in [3.8, 4) is 10.6 Å². The van der Waals surface area contributed by atoms with E-state index in [9.17, 15) is 4.79 Å². The summed E-state index contributed by atoms with van der Waals surface area (Å²) in [6.45, 7) is 4.55. The number of nitrogens with zero attached hydrogens (tertiary/aromatic N) is 3. The fraction of sp³-hybridized carbons (Fsp3) is 0.267. The Morgan fingerprint density at radius 2 is 2.36 bits per heavy atom. The summed E-state index contributed by atoms with van der Waals surface area (Å²) in [4.78, 5) is 21.6. The minimum Gasteiger partial charge on any atom is -0.347 e. The molecule has 114 valence electrons. The van der Waals surface area contributed by atoms with Gasteiger partial charge in [-0.25, -0.2) is 9.97 Å². The Kier molecular flexibility index (Phi) is 4.35. The highest BCUT2D eigenvalue weighted by molar-refractivity contribution is 7.17. The minimum absolute atomic E-state index is 0.0211. The molecule has 0 aliphatic rings. The van der Waals surface area contributed by atoms with Crippen LogP contribution in [0.25, 0.3) is 10.6 Å². The van der Waals surface area contributed by atoms with Crippen LogP contribution in [0.4, 0.5) is 0 Å². The van der Waals surface area contributed by atoms with Crippen molar-refractivity contribution in [1.29, 1.82) is 0 Å². The van der Waals surface area contributed by atoms with Crippen LogP contribution in [0.2, 0.25) is 0 Å². The first kappa shape index (κ1) is 14.9. The largest absolute Gasteiger partial charge is 0.347 e. The quantitative estimate of drug-likeness (QED) is 0.780. The van der Waals surface area contributed by atoms with Crippen molar-refractivity contribution in [2.45, 2.75) is 26.4 Å². The van der Waals surface area contributed by atoms with E-state index < -0.39 is 0 Å². The van der Waals surface area contributed by atoms with Crippen molar-refractivity contribution in [3.63, 3.8) is 0 Å². The second-order valence-electron chi connectivity index (χ2n) is 5.08. The van der Waals surface area contributed by atoms with Crippen LogP contribution in [0.5, 0.6) is 0 Å². The molecule has 0 aliphatic carbocycles. The van der Waals surface area contributed by atoms with E-state index in [0.29, 0.717) is 11.4 Å². The number of thiophene rings is 1. The van der Waals surface area contributed by atoms with Crippen LogP contribution in [0.3, 0.4) is 0 Å². The zero-order chi connectivity index (χ0) is 15.5. The predicted molar refractivity (Wildman–Crippen MR) is 89.3 cm³/mol. The number of thiazole rings is 1. The van der Waals surface area contributed by atoms with Crippen LogP contribution in [0, 0.1) is 6.92 Å². The van der Waals surface area contributed by atoms with Crippen LogP contribution in [-0.2, 0) is 6.54 Å². The van der Waals surface area contributed by atoms with Crippen LogP contribution < -0.4 is 5.32 Å². The van der Waals surface area contributed by atoms with E-state index in [0.717, 1.165) is 16.3 Å². The molecular weight excluding hydrogens is 316 g/mol. The molecule has 3 heterocycles. The number of rotatable bonds is 5. The molecular formula is C15H16N4OS2. The smallest absolute Gasteiger partial charge is 0.263 e. The fourth-order valence-corrected chi connectivity index (χ4v) is 3.84. The SMILES string of the molecule is Cc1nc(-c2ccsc2)sc1C(=O)N[C@H](C)Cn1ccnc1. The van der Waals surface area contributed by atoms with Gasteiger partial charge in [0.2, 0.25) is 0 Å². The molecule has 0 aliphatic heterocycles. The fourth-order valence-electron chi connectivity index (χ4n) is 2.16. The molecule has 0 spiro atoms. The van der Waals surface area contributed by atoms with Crippen molar-refractivity contribution in [3.05, 3.63) is 46.1 Å². The van der Waals surface area contributed by atoms with Crippen molar-refractivity contribution in [2.24, 2.45) is 0 Å². The Labute approximate surface area is 136 Å². The second kappa shape index (κ2) is 6.41. The molecule has 0 bridgehead atoms. The number of hydrogen-bond donors (Lipinski definition) is 1. The number of carbonyl (C=O) groups is 1. The zero-order valence-electron chi connectivity index (χ0n) is 12.3. The van der Waals surface area contributed by atoms with Gasteiger partial charge in [-0.2, -0.15) is 11.3 Å². The first-order valence-corrected chi connectivity index (χ1v) is 8.66. The summed E-state index contributed by atoms with van der Waals surface area (Å²) >= 11 is 3.07. The highest BCUT2D eigenvalue weighted by Gasteiger charge is 2.18. The number of aromatic nitrogens is 3. The minimum atomic E-state index is -0.0657. The number of imidazole rings is 1. The summed E-state index contributed by atoms with van der Waals surface area (Å²) < 4.78 is 1.95. The molecule has 3 aromatic rings. The maximum absolute atomic E-state index is 12.4. The number of hydrogen-bond acceptors (Lipinski definition) is 5. The topological polar surface area (TPSA) is 59.8 Å². The summed E-state index contributed by atoms with van der Waals surface area (Å²) in [7, 11) is 0. The molecule has 0 aromatic carbocycles. The Morgan fingerprint density at radius 3 is 3.05 bits per heavy atom. The number of nitrogens with one attached hydrogen (secondary N) is 1. The summed E-state index contributed by atoms with van der Waals surface area (Å²) in [5, 5.41) is 7.97. The Bertz CT molecular complexity index is 747. The first-order valence-electron chi connectivity index (χ1n) is 6.90. The summed E-state index contributed by atoms with van der Waals surface area (Å²) in [6.07, 6.45) is 5.36. The van der Waals surface area contributed by atoms with E-state index in [1.165, 1.54) is 11.3 Å². The molecule has 0 saturated heterocycles. The molecule has 1 amide bonds. The molecule has 1 N–H and O–H groups in total. The van der Waals surface area contributed by atoms with E-state index >= 15 is 0 Å². The number of carbonyl (C=O) groups excluding carboxylic acids is 1.